The van der Waals surface area contributed by atoms with Crippen molar-refractivity contribution in [3.05, 3.63) is 119 Å². The highest BCUT2D eigenvalue weighted by Gasteiger charge is 2.32. The van der Waals surface area contributed by atoms with Gasteiger partial charge in [-0.3, -0.25) is 9.80 Å². The van der Waals surface area contributed by atoms with Gasteiger partial charge in [0.05, 0.1) is 23.0 Å². The summed E-state index contributed by atoms with van der Waals surface area (Å²) in [7, 11) is 0. The number of carbonyl (C=O) groups excluding carboxylic acids is 1. The van der Waals surface area contributed by atoms with E-state index in [9.17, 15) is 18.0 Å². The Balaban J connectivity index is 1.28. The van der Waals surface area contributed by atoms with E-state index in [0.717, 1.165) is 34.7 Å². The number of alkyl halides is 3. The zero-order chi connectivity index (χ0) is 27.0. The van der Waals surface area contributed by atoms with Gasteiger partial charge in [-0.1, -0.05) is 36.4 Å². The third kappa shape index (κ3) is 5.03. The second kappa shape index (κ2) is 9.83. The second-order valence-electron chi connectivity index (χ2n) is 9.17. The smallest absolute Gasteiger partial charge is 0.416 e. The molecule has 1 N–H and O–H groups in total. The fraction of sp³-hybridized carbons (Fsp3) is 0.133. The summed E-state index contributed by atoms with van der Waals surface area (Å²) in [6.07, 6.45) is -3.95. The average Bonchev–Trinajstić information content (AvgIpc) is 3.61. The molecule has 2 heterocycles. The first-order chi connectivity index (χ1) is 18.8. The van der Waals surface area contributed by atoms with E-state index in [1.165, 1.54) is 12.1 Å². The highest BCUT2D eigenvalue weighted by Crippen LogP contribution is 2.39. The summed E-state index contributed by atoms with van der Waals surface area (Å²) in [6, 6.07) is 26.9. The molecule has 39 heavy (non-hydrogen) atoms. The summed E-state index contributed by atoms with van der Waals surface area (Å²) >= 11 is 0. The second-order valence-corrected chi connectivity index (χ2v) is 9.17. The predicted molar refractivity (Wildman–Crippen MR) is 141 cm³/mol. The molecule has 1 amide bonds. The number of fused-ring (bicyclic) bond motifs is 1. The Hall–Kier alpha value is -4.79. The average molecular weight is 530 g/mol. The number of nitrogens with zero attached hydrogens (tertiary/aromatic N) is 2. The van der Waals surface area contributed by atoms with Gasteiger partial charge in [0.25, 0.3) is 5.91 Å². The van der Waals surface area contributed by atoms with Crippen LogP contribution < -0.4 is 19.8 Å². The van der Waals surface area contributed by atoms with E-state index in [-0.39, 0.29) is 18.4 Å². The molecule has 0 spiro atoms. The normalized spacial score (nSPS) is 16.2. The number of para-hydroxylation sites is 1. The van der Waals surface area contributed by atoms with Crippen LogP contribution in [0, 0.1) is 0 Å². The number of hydrogen-bond acceptors (Lipinski definition) is 5. The molecule has 0 aliphatic carbocycles. The van der Waals surface area contributed by atoms with Crippen LogP contribution in [0.25, 0.3) is 0 Å². The van der Waals surface area contributed by atoms with Crippen molar-refractivity contribution in [2.75, 3.05) is 17.1 Å². The van der Waals surface area contributed by atoms with E-state index in [2.05, 4.69) is 5.32 Å². The Kier molecular flexibility index (Phi) is 6.18. The van der Waals surface area contributed by atoms with Gasteiger partial charge in [0.15, 0.2) is 11.5 Å². The van der Waals surface area contributed by atoms with Crippen molar-refractivity contribution in [2.24, 2.45) is 5.10 Å². The van der Waals surface area contributed by atoms with Crippen LogP contribution in [0.15, 0.2) is 102 Å². The first-order valence-corrected chi connectivity index (χ1v) is 12.3. The summed E-state index contributed by atoms with van der Waals surface area (Å²) in [5, 5.41) is 9.61. The molecule has 0 radical (unpaired) electrons. The molecule has 0 aromatic heterocycles. The maximum atomic E-state index is 13.1. The van der Waals surface area contributed by atoms with Gasteiger partial charge in [-0.05, 0) is 66.2 Å². The molecule has 196 valence electrons. The van der Waals surface area contributed by atoms with Crippen LogP contribution in [0.3, 0.4) is 0 Å². The highest BCUT2D eigenvalue weighted by molar-refractivity contribution is 6.05. The van der Waals surface area contributed by atoms with Crippen LogP contribution in [-0.2, 0) is 6.18 Å². The molecule has 0 fully saturated rings. The SMILES string of the molecule is O=C(Nc1cccc(C2CC(c3ccc4c(c3)OCO4)=NN2c2ccccc2)c1)c1cccc(C(F)(F)F)c1. The Morgan fingerprint density at radius 2 is 1.67 bits per heavy atom. The minimum atomic E-state index is -4.53. The van der Waals surface area contributed by atoms with Crippen LogP contribution >= 0.6 is 0 Å². The molecule has 1 atom stereocenters. The van der Waals surface area contributed by atoms with Gasteiger partial charge in [0.2, 0.25) is 6.79 Å². The number of anilines is 2. The number of hydrazone groups is 1. The largest absolute Gasteiger partial charge is 0.454 e. The molecule has 9 heteroatoms. The first kappa shape index (κ1) is 24.5. The van der Waals surface area contributed by atoms with Crippen molar-refractivity contribution in [1.82, 2.24) is 0 Å². The molecule has 2 aliphatic rings. The lowest BCUT2D eigenvalue weighted by Gasteiger charge is -2.24. The van der Waals surface area contributed by atoms with E-state index >= 15 is 0 Å². The lowest BCUT2D eigenvalue weighted by atomic mass is 9.97. The maximum absolute atomic E-state index is 13.1. The third-order valence-electron chi connectivity index (χ3n) is 6.62. The van der Waals surface area contributed by atoms with Crippen LogP contribution in [0.1, 0.15) is 39.5 Å². The number of rotatable bonds is 5. The van der Waals surface area contributed by atoms with Crippen molar-refractivity contribution < 1.29 is 27.4 Å². The summed E-state index contributed by atoms with van der Waals surface area (Å²) in [5.41, 5.74) is 3.09. The summed E-state index contributed by atoms with van der Waals surface area (Å²) < 4.78 is 50.3. The zero-order valence-electron chi connectivity index (χ0n) is 20.5. The van der Waals surface area contributed by atoms with Gasteiger partial charge in [-0.15, -0.1) is 0 Å². The maximum Gasteiger partial charge on any atom is 0.416 e. The van der Waals surface area contributed by atoms with Gasteiger partial charge >= 0.3 is 6.18 Å². The summed E-state index contributed by atoms with van der Waals surface area (Å²) in [5.74, 6) is 0.740. The Morgan fingerprint density at radius 1 is 0.872 bits per heavy atom. The number of nitrogens with one attached hydrogen (secondary N) is 1. The van der Waals surface area contributed by atoms with Crippen molar-refractivity contribution in [3.63, 3.8) is 0 Å². The Labute approximate surface area is 222 Å². The lowest BCUT2D eigenvalue weighted by molar-refractivity contribution is -0.137. The molecule has 0 saturated carbocycles. The molecule has 0 saturated heterocycles. The van der Waals surface area contributed by atoms with E-state index in [0.29, 0.717) is 23.6 Å². The van der Waals surface area contributed by atoms with E-state index in [4.69, 9.17) is 14.6 Å². The number of amides is 1. The van der Waals surface area contributed by atoms with Gasteiger partial charge < -0.3 is 14.8 Å². The molecule has 1 unspecified atom stereocenters. The van der Waals surface area contributed by atoms with Crippen LogP contribution in [-0.4, -0.2) is 18.4 Å². The number of benzene rings is 4. The standard InChI is InChI=1S/C30H22F3N3O3/c31-30(32,33)22-8-4-7-21(14-22)29(37)34-23-9-5-6-20(15-23)26-17-25(35-36(26)24-10-2-1-3-11-24)19-12-13-27-28(16-19)39-18-38-27/h1-16,26H,17-18H2,(H,34,37). The van der Waals surface area contributed by atoms with Crippen LogP contribution in [0.4, 0.5) is 24.5 Å². The quantitative estimate of drug-likeness (QED) is 0.301. The van der Waals surface area contributed by atoms with Gasteiger partial charge in [0.1, 0.15) is 0 Å². The molecule has 2 aliphatic heterocycles. The third-order valence-corrected chi connectivity index (χ3v) is 6.62. The van der Waals surface area contributed by atoms with Gasteiger partial charge in [-0.2, -0.15) is 18.3 Å². The van der Waals surface area contributed by atoms with Crippen molar-refractivity contribution in [2.45, 2.75) is 18.6 Å². The highest BCUT2D eigenvalue weighted by atomic mass is 19.4. The minimum absolute atomic E-state index is 0.0737. The molecule has 0 bridgehead atoms. The predicted octanol–water partition coefficient (Wildman–Crippen LogP) is 7.04. The molecule has 4 aromatic carbocycles. The molecule has 6 rings (SSSR count). The van der Waals surface area contributed by atoms with Gasteiger partial charge in [0, 0.05) is 23.2 Å². The van der Waals surface area contributed by atoms with Crippen molar-refractivity contribution in [1.29, 1.82) is 0 Å². The fourth-order valence-corrected chi connectivity index (χ4v) is 4.70. The summed E-state index contributed by atoms with van der Waals surface area (Å²) in [4.78, 5) is 12.8. The van der Waals surface area contributed by atoms with Crippen molar-refractivity contribution in [3.8, 4) is 11.5 Å². The minimum Gasteiger partial charge on any atom is -0.454 e. The Bertz CT molecular complexity index is 1570. The first-order valence-electron chi connectivity index (χ1n) is 12.3. The lowest BCUT2D eigenvalue weighted by Crippen LogP contribution is -2.19. The monoisotopic (exact) mass is 529 g/mol. The topological polar surface area (TPSA) is 63.2 Å². The summed E-state index contributed by atoms with van der Waals surface area (Å²) in [6.45, 7) is 0.184. The number of halogens is 3. The van der Waals surface area contributed by atoms with Gasteiger partial charge in [-0.25, -0.2) is 0 Å². The van der Waals surface area contributed by atoms with E-state index in [1.54, 1.807) is 12.1 Å². The van der Waals surface area contributed by atoms with Crippen LogP contribution in [0.2, 0.25) is 0 Å². The van der Waals surface area contributed by atoms with E-state index < -0.39 is 17.6 Å². The number of ether oxygens (including phenoxy) is 2. The van der Waals surface area contributed by atoms with Crippen LogP contribution in [0.5, 0.6) is 11.5 Å². The number of hydrogen-bond donors (Lipinski definition) is 1. The van der Waals surface area contributed by atoms with E-state index in [1.807, 2.05) is 65.7 Å². The molecular weight excluding hydrogens is 507 g/mol. The molecular formula is C30H22F3N3O3. The fourth-order valence-electron chi connectivity index (χ4n) is 4.70. The van der Waals surface area contributed by atoms with Crippen molar-refractivity contribution >= 4 is 23.0 Å². The molecule has 4 aromatic rings. The molecule has 6 nitrogen and oxygen atoms in total. The number of carbonyl (C=O) groups is 1. The zero-order valence-corrected chi connectivity index (χ0v) is 20.5. The Morgan fingerprint density at radius 3 is 2.49 bits per heavy atom.